The van der Waals surface area contributed by atoms with Gasteiger partial charge in [0.15, 0.2) is 11.6 Å². The Balaban J connectivity index is 1.64. The lowest BCUT2D eigenvalue weighted by Crippen LogP contribution is -2.03. The summed E-state index contributed by atoms with van der Waals surface area (Å²) in [6.45, 7) is 2.35. The highest BCUT2D eigenvalue weighted by Gasteiger charge is 2.14. The zero-order valence-corrected chi connectivity index (χ0v) is 17.5. The van der Waals surface area contributed by atoms with Gasteiger partial charge in [0.2, 0.25) is 0 Å². The van der Waals surface area contributed by atoms with Crippen molar-refractivity contribution in [1.29, 1.82) is 0 Å². The number of aromatic nitrogens is 1. The van der Waals surface area contributed by atoms with Gasteiger partial charge in [0.1, 0.15) is 5.76 Å². The highest BCUT2D eigenvalue weighted by atomic mass is 32.2. The average Bonchev–Trinajstić information content (AvgIpc) is 3.34. The first kappa shape index (κ1) is 20.0. The summed E-state index contributed by atoms with van der Waals surface area (Å²) in [6, 6.07) is 20.5. The lowest BCUT2D eigenvalue weighted by atomic mass is 10.2. The van der Waals surface area contributed by atoms with Crippen molar-refractivity contribution in [3.8, 4) is 0 Å². The molecule has 2 aromatic heterocycles. The minimum atomic E-state index is -0.879. The minimum Gasteiger partial charge on any atom is -0.481 e. The number of nitrogens with zero attached hydrogens (tertiary/aromatic N) is 3. The molecule has 0 unspecified atom stereocenters. The van der Waals surface area contributed by atoms with Gasteiger partial charge in [0.25, 0.3) is 0 Å². The number of fused-ring (bicyclic) bond motifs is 3. The topological polar surface area (TPSA) is 80.1 Å². The monoisotopic (exact) mass is 419 g/mol. The molecular weight excluding hydrogens is 398 g/mol. The molecule has 2 heterocycles. The average molecular weight is 420 g/mol. The molecule has 0 atom stereocenters. The van der Waals surface area contributed by atoms with E-state index in [4.69, 9.17) is 9.52 Å². The Morgan fingerprint density at radius 3 is 2.27 bits per heavy atom. The molecule has 0 spiro atoms. The molecule has 0 saturated heterocycles. The van der Waals surface area contributed by atoms with Gasteiger partial charge < -0.3 is 14.1 Å². The van der Waals surface area contributed by atoms with Crippen molar-refractivity contribution < 1.29 is 14.3 Å². The molecule has 6 nitrogen and oxygen atoms in total. The molecule has 7 heteroatoms. The van der Waals surface area contributed by atoms with Gasteiger partial charge in [-0.1, -0.05) is 48.2 Å². The standard InChI is InChI=1S/C23H21N3O3S/c1-15(30-14-22(27)28)25-23(24-2)21-12-11-16(29-21)13-26-19-9-5-3-7-17(19)18-8-4-6-10-20(18)26/h3-12H,13-14H2,1-2H3,(H,27,28). The van der Waals surface area contributed by atoms with Gasteiger partial charge in [-0.15, -0.1) is 0 Å². The first-order valence-corrected chi connectivity index (χ1v) is 10.5. The second kappa shape index (κ2) is 8.59. The molecule has 0 aliphatic heterocycles. The van der Waals surface area contributed by atoms with E-state index in [9.17, 15) is 4.79 Å². The number of thioether (sulfide) groups is 1. The molecule has 4 rings (SSSR count). The minimum absolute atomic E-state index is 0.0382. The Labute approximate surface area is 177 Å². The fraction of sp³-hybridized carbons (Fsp3) is 0.174. The summed E-state index contributed by atoms with van der Waals surface area (Å²) in [7, 11) is 1.64. The maximum atomic E-state index is 10.7. The lowest BCUT2D eigenvalue weighted by Gasteiger charge is -2.05. The van der Waals surface area contributed by atoms with Crippen molar-refractivity contribution in [2.75, 3.05) is 12.8 Å². The van der Waals surface area contributed by atoms with Crippen LogP contribution in [-0.2, 0) is 11.3 Å². The molecule has 2 aromatic carbocycles. The number of aliphatic imine (C=N–C) groups is 2. The highest BCUT2D eigenvalue weighted by Crippen LogP contribution is 2.29. The molecule has 30 heavy (non-hydrogen) atoms. The normalized spacial score (nSPS) is 12.7. The number of aliphatic carboxylic acids is 1. The first-order valence-electron chi connectivity index (χ1n) is 9.48. The fourth-order valence-corrected chi connectivity index (χ4v) is 3.96. The Kier molecular flexibility index (Phi) is 5.72. The van der Waals surface area contributed by atoms with Crippen LogP contribution in [0.5, 0.6) is 0 Å². The number of para-hydroxylation sites is 2. The maximum absolute atomic E-state index is 10.7. The highest BCUT2D eigenvalue weighted by molar-refractivity contribution is 8.14. The first-order chi connectivity index (χ1) is 14.6. The van der Waals surface area contributed by atoms with Crippen LogP contribution in [0.4, 0.5) is 0 Å². The number of rotatable bonds is 5. The smallest absolute Gasteiger partial charge is 0.313 e. The molecule has 1 N–H and O–H groups in total. The van der Waals surface area contributed by atoms with E-state index >= 15 is 0 Å². The van der Waals surface area contributed by atoms with Crippen LogP contribution < -0.4 is 0 Å². The summed E-state index contributed by atoms with van der Waals surface area (Å²) in [6.07, 6.45) is 0. The second-order valence-corrected chi connectivity index (χ2v) is 7.92. The van der Waals surface area contributed by atoms with Gasteiger partial charge in [-0.2, -0.15) is 0 Å². The van der Waals surface area contributed by atoms with Crippen molar-refractivity contribution in [3.63, 3.8) is 0 Å². The maximum Gasteiger partial charge on any atom is 0.313 e. The zero-order valence-electron chi connectivity index (χ0n) is 16.7. The quantitative estimate of drug-likeness (QED) is 0.363. The lowest BCUT2D eigenvalue weighted by molar-refractivity contribution is -0.133. The molecule has 0 radical (unpaired) electrons. The van der Waals surface area contributed by atoms with Crippen LogP contribution in [0, 0.1) is 0 Å². The van der Waals surface area contributed by atoms with Crippen LogP contribution in [-0.4, -0.2) is 39.3 Å². The van der Waals surface area contributed by atoms with Gasteiger partial charge in [-0.25, -0.2) is 4.99 Å². The molecule has 0 aliphatic rings. The number of hydrogen-bond acceptors (Lipinski definition) is 4. The summed E-state index contributed by atoms with van der Waals surface area (Å²) in [4.78, 5) is 19.4. The van der Waals surface area contributed by atoms with Gasteiger partial charge in [0.05, 0.1) is 17.3 Å². The Bertz CT molecular complexity index is 1230. The predicted molar refractivity (Wildman–Crippen MR) is 123 cm³/mol. The van der Waals surface area contributed by atoms with Crippen molar-refractivity contribution in [2.24, 2.45) is 9.98 Å². The largest absolute Gasteiger partial charge is 0.481 e. The summed E-state index contributed by atoms with van der Waals surface area (Å²) < 4.78 is 8.29. The van der Waals surface area contributed by atoms with E-state index in [-0.39, 0.29) is 5.75 Å². The summed E-state index contributed by atoms with van der Waals surface area (Å²) in [5, 5.41) is 11.9. The third-order valence-electron chi connectivity index (χ3n) is 4.76. The summed E-state index contributed by atoms with van der Waals surface area (Å²) >= 11 is 1.16. The number of hydrogen-bond donors (Lipinski definition) is 1. The number of benzene rings is 2. The SMILES string of the molecule is CN=C(N=C(C)SCC(=O)O)c1ccc(Cn2c3ccccc3c3ccccc32)o1. The van der Waals surface area contributed by atoms with Crippen LogP contribution in [0.1, 0.15) is 18.4 Å². The predicted octanol–water partition coefficient (Wildman–Crippen LogP) is 5.05. The van der Waals surface area contributed by atoms with Crippen LogP contribution >= 0.6 is 11.8 Å². The number of furan rings is 1. The molecule has 152 valence electrons. The van der Waals surface area contributed by atoms with E-state index in [0.717, 1.165) is 28.6 Å². The van der Waals surface area contributed by atoms with Crippen molar-refractivity contribution in [2.45, 2.75) is 13.5 Å². The second-order valence-electron chi connectivity index (χ2n) is 6.75. The van der Waals surface area contributed by atoms with E-state index in [2.05, 4.69) is 51.0 Å². The van der Waals surface area contributed by atoms with Crippen molar-refractivity contribution in [1.82, 2.24) is 4.57 Å². The van der Waals surface area contributed by atoms with E-state index in [1.54, 1.807) is 14.0 Å². The third-order valence-corrected chi connectivity index (χ3v) is 5.66. The van der Waals surface area contributed by atoms with Gasteiger partial charge in [-0.05, 0) is 31.2 Å². The number of carbonyl (C=O) groups is 1. The summed E-state index contributed by atoms with van der Waals surface area (Å²) in [5.41, 5.74) is 2.31. The molecule has 0 bridgehead atoms. The molecular formula is C23H21N3O3S. The van der Waals surface area contributed by atoms with Crippen molar-refractivity contribution in [3.05, 3.63) is 72.2 Å². The van der Waals surface area contributed by atoms with Crippen LogP contribution in [0.3, 0.4) is 0 Å². The molecule has 0 fully saturated rings. The molecule has 0 saturated carbocycles. The third kappa shape index (κ3) is 4.02. The summed E-state index contributed by atoms with van der Waals surface area (Å²) in [5.74, 6) is 0.880. The van der Waals surface area contributed by atoms with Gasteiger partial charge in [-0.3, -0.25) is 9.79 Å². The van der Waals surface area contributed by atoms with Crippen molar-refractivity contribution >= 4 is 50.4 Å². The van der Waals surface area contributed by atoms with E-state index in [0.29, 0.717) is 23.2 Å². The van der Waals surface area contributed by atoms with Crippen LogP contribution in [0.25, 0.3) is 21.8 Å². The van der Waals surface area contributed by atoms with E-state index in [1.807, 2.05) is 24.3 Å². The molecule has 0 amide bonds. The number of amidine groups is 1. The van der Waals surface area contributed by atoms with Gasteiger partial charge in [0, 0.05) is 28.9 Å². The van der Waals surface area contributed by atoms with E-state index < -0.39 is 5.97 Å². The van der Waals surface area contributed by atoms with E-state index in [1.165, 1.54) is 10.8 Å². The number of carboxylic acids is 1. The van der Waals surface area contributed by atoms with Crippen LogP contribution in [0.2, 0.25) is 0 Å². The van der Waals surface area contributed by atoms with Gasteiger partial charge >= 0.3 is 5.97 Å². The van der Waals surface area contributed by atoms with Crippen LogP contribution in [0.15, 0.2) is 75.1 Å². The number of carboxylic acid groups (broad SMARTS) is 1. The molecule has 4 aromatic rings. The fourth-order valence-electron chi connectivity index (χ4n) is 3.48. The molecule has 0 aliphatic carbocycles. The Morgan fingerprint density at radius 2 is 1.67 bits per heavy atom. The Hall–Kier alpha value is -3.32. The zero-order chi connectivity index (χ0) is 21.1. The Morgan fingerprint density at radius 1 is 1.03 bits per heavy atom.